The smallest absolute Gasteiger partial charge is 0.159 e. The SMILES string of the molecule is Cc1ccncc1-c1ccc2[nH]nc(-c3nc4c(-c5ccccc5)cccc4[nH]3)c2c1. The van der Waals surface area contributed by atoms with Gasteiger partial charge in [-0.2, -0.15) is 5.10 Å². The van der Waals surface area contributed by atoms with Crippen LogP contribution in [0.25, 0.3) is 55.7 Å². The normalized spacial score (nSPS) is 11.4. The number of imidazole rings is 1. The summed E-state index contributed by atoms with van der Waals surface area (Å²) in [5, 5.41) is 8.76. The van der Waals surface area contributed by atoms with E-state index < -0.39 is 0 Å². The van der Waals surface area contributed by atoms with Crippen LogP contribution in [0.5, 0.6) is 0 Å². The van der Waals surface area contributed by atoms with Gasteiger partial charge in [0, 0.05) is 28.9 Å². The fourth-order valence-corrected chi connectivity index (χ4v) is 4.12. The molecule has 0 saturated carbocycles. The summed E-state index contributed by atoms with van der Waals surface area (Å²) in [5.74, 6) is 0.754. The third kappa shape index (κ3) is 2.90. The van der Waals surface area contributed by atoms with Gasteiger partial charge in [0.25, 0.3) is 0 Å². The van der Waals surface area contributed by atoms with Crippen LogP contribution in [-0.4, -0.2) is 25.1 Å². The summed E-state index contributed by atoms with van der Waals surface area (Å²) in [6, 6.07) is 24.9. The monoisotopic (exact) mass is 401 g/mol. The number of hydrogen-bond acceptors (Lipinski definition) is 3. The molecule has 5 heteroatoms. The maximum absolute atomic E-state index is 4.95. The minimum Gasteiger partial charge on any atom is -0.337 e. The van der Waals surface area contributed by atoms with Crippen molar-refractivity contribution in [2.45, 2.75) is 6.92 Å². The van der Waals surface area contributed by atoms with Crippen molar-refractivity contribution in [2.24, 2.45) is 0 Å². The summed E-state index contributed by atoms with van der Waals surface area (Å²) in [7, 11) is 0. The van der Waals surface area contributed by atoms with E-state index in [1.165, 1.54) is 5.56 Å². The largest absolute Gasteiger partial charge is 0.337 e. The molecule has 31 heavy (non-hydrogen) atoms. The van der Waals surface area contributed by atoms with Crippen molar-refractivity contribution < 1.29 is 0 Å². The first-order chi connectivity index (χ1) is 15.3. The number of aryl methyl sites for hydroxylation is 1. The van der Waals surface area contributed by atoms with Crippen LogP contribution in [0.2, 0.25) is 0 Å². The van der Waals surface area contributed by atoms with E-state index in [4.69, 9.17) is 4.98 Å². The molecule has 6 aromatic rings. The van der Waals surface area contributed by atoms with E-state index in [0.717, 1.165) is 55.7 Å². The fourth-order valence-electron chi connectivity index (χ4n) is 4.12. The Bertz CT molecular complexity index is 1540. The molecule has 0 unspecified atom stereocenters. The summed E-state index contributed by atoms with van der Waals surface area (Å²) in [6.07, 6.45) is 3.73. The second-order valence-corrected chi connectivity index (χ2v) is 7.68. The average Bonchev–Trinajstić information content (AvgIpc) is 3.43. The standard InChI is InChI=1S/C26H19N5/c1-16-12-13-27-15-21(16)18-10-11-22-20(14-18)25(31-30-22)26-28-23-9-5-8-19(24(23)29-26)17-6-3-2-4-7-17/h2-15H,1H3,(H,28,29)(H,30,31). The molecular weight excluding hydrogens is 382 g/mol. The van der Waals surface area contributed by atoms with Crippen molar-refractivity contribution in [2.75, 3.05) is 0 Å². The number of hydrogen-bond donors (Lipinski definition) is 2. The van der Waals surface area contributed by atoms with E-state index in [-0.39, 0.29) is 0 Å². The summed E-state index contributed by atoms with van der Waals surface area (Å²) in [4.78, 5) is 12.7. The number of nitrogens with zero attached hydrogens (tertiary/aromatic N) is 3. The summed E-state index contributed by atoms with van der Waals surface area (Å²) < 4.78 is 0. The van der Waals surface area contributed by atoms with Crippen LogP contribution in [-0.2, 0) is 0 Å². The van der Waals surface area contributed by atoms with Crippen molar-refractivity contribution in [1.29, 1.82) is 0 Å². The molecule has 6 rings (SSSR count). The van der Waals surface area contributed by atoms with Crippen LogP contribution in [0.1, 0.15) is 5.56 Å². The Morgan fingerprint density at radius 2 is 1.68 bits per heavy atom. The van der Waals surface area contributed by atoms with Crippen molar-refractivity contribution in [3.8, 4) is 33.8 Å². The highest BCUT2D eigenvalue weighted by molar-refractivity contribution is 5.98. The first kappa shape index (κ1) is 17.6. The highest BCUT2D eigenvalue weighted by Gasteiger charge is 2.16. The van der Waals surface area contributed by atoms with Crippen molar-refractivity contribution in [3.05, 3.63) is 90.8 Å². The lowest BCUT2D eigenvalue weighted by Gasteiger charge is -2.05. The van der Waals surface area contributed by atoms with Gasteiger partial charge in [0.05, 0.1) is 16.6 Å². The summed E-state index contributed by atoms with van der Waals surface area (Å²) >= 11 is 0. The van der Waals surface area contributed by atoms with Gasteiger partial charge in [-0.1, -0.05) is 48.5 Å². The van der Waals surface area contributed by atoms with Crippen LogP contribution >= 0.6 is 0 Å². The second kappa shape index (κ2) is 6.92. The Balaban J connectivity index is 1.52. The van der Waals surface area contributed by atoms with Gasteiger partial charge in [-0.05, 0) is 47.9 Å². The zero-order chi connectivity index (χ0) is 20.8. The topological polar surface area (TPSA) is 70.2 Å². The van der Waals surface area contributed by atoms with Crippen LogP contribution in [0, 0.1) is 6.92 Å². The number of rotatable bonds is 3. The Kier molecular flexibility index (Phi) is 3.93. The number of H-pyrrole nitrogens is 2. The van der Waals surface area contributed by atoms with E-state index in [1.807, 2.05) is 36.7 Å². The predicted molar refractivity (Wildman–Crippen MR) is 125 cm³/mol. The van der Waals surface area contributed by atoms with E-state index in [1.54, 1.807) is 0 Å². The number of para-hydroxylation sites is 1. The molecule has 148 valence electrons. The molecule has 0 radical (unpaired) electrons. The average molecular weight is 401 g/mol. The number of benzene rings is 3. The lowest BCUT2D eigenvalue weighted by molar-refractivity contribution is 1.11. The van der Waals surface area contributed by atoms with Gasteiger partial charge in [0.15, 0.2) is 5.82 Å². The quantitative estimate of drug-likeness (QED) is 0.374. The number of aromatic amines is 2. The first-order valence-electron chi connectivity index (χ1n) is 10.2. The maximum atomic E-state index is 4.95. The Morgan fingerprint density at radius 1 is 0.774 bits per heavy atom. The first-order valence-corrected chi connectivity index (χ1v) is 10.2. The molecule has 2 N–H and O–H groups in total. The molecule has 0 aliphatic heterocycles. The molecule has 0 bridgehead atoms. The molecule has 0 aliphatic rings. The lowest BCUT2D eigenvalue weighted by atomic mass is 10.0. The highest BCUT2D eigenvalue weighted by atomic mass is 15.1. The zero-order valence-corrected chi connectivity index (χ0v) is 16.9. The second-order valence-electron chi connectivity index (χ2n) is 7.68. The van der Waals surface area contributed by atoms with E-state index in [2.05, 4.69) is 75.6 Å². The summed E-state index contributed by atoms with van der Waals surface area (Å²) in [5.41, 5.74) is 9.40. The zero-order valence-electron chi connectivity index (χ0n) is 16.9. The third-order valence-electron chi connectivity index (χ3n) is 5.73. The number of pyridine rings is 1. The van der Waals surface area contributed by atoms with E-state index in [9.17, 15) is 0 Å². The Hall–Kier alpha value is -4.25. The Labute approximate surface area is 178 Å². The molecule has 0 saturated heterocycles. The minimum atomic E-state index is 0.754. The van der Waals surface area contributed by atoms with Crippen molar-refractivity contribution >= 4 is 21.9 Å². The highest BCUT2D eigenvalue weighted by Crippen LogP contribution is 2.33. The van der Waals surface area contributed by atoms with Gasteiger partial charge >= 0.3 is 0 Å². The number of nitrogens with one attached hydrogen (secondary N) is 2. The fraction of sp³-hybridized carbons (Fsp3) is 0.0385. The third-order valence-corrected chi connectivity index (χ3v) is 5.73. The van der Waals surface area contributed by atoms with Crippen molar-refractivity contribution in [1.82, 2.24) is 25.1 Å². The minimum absolute atomic E-state index is 0.754. The molecular formula is C26H19N5. The molecule has 0 amide bonds. The Morgan fingerprint density at radius 3 is 2.55 bits per heavy atom. The van der Waals surface area contributed by atoms with Gasteiger partial charge in [-0.15, -0.1) is 0 Å². The lowest BCUT2D eigenvalue weighted by Crippen LogP contribution is -1.85. The van der Waals surface area contributed by atoms with Crippen LogP contribution in [0.4, 0.5) is 0 Å². The molecule has 3 aromatic heterocycles. The van der Waals surface area contributed by atoms with Gasteiger partial charge in [-0.25, -0.2) is 4.98 Å². The van der Waals surface area contributed by atoms with E-state index >= 15 is 0 Å². The van der Waals surface area contributed by atoms with Gasteiger partial charge in [-0.3, -0.25) is 10.1 Å². The van der Waals surface area contributed by atoms with Gasteiger partial charge in [0.2, 0.25) is 0 Å². The molecule has 5 nitrogen and oxygen atoms in total. The number of aromatic nitrogens is 5. The number of fused-ring (bicyclic) bond motifs is 2. The van der Waals surface area contributed by atoms with Crippen LogP contribution in [0.3, 0.4) is 0 Å². The molecule has 3 aromatic carbocycles. The maximum Gasteiger partial charge on any atom is 0.159 e. The van der Waals surface area contributed by atoms with Crippen LogP contribution < -0.4 is 0 Å². The molecule has 0 fully saturated rings. The van der Waals surface area contributed by atoms with E-state index in [0.29, 0.717) is 0 Å². The predicted octanol–water partition coefficient (Wildman–Crippen LogP) is 6.14. The van der Waals surface area contributed by atoms with Gasteiger partial charge in [0.1, 0.15) is 5.69 Å². The summed E-state index contributed by atoms with van der Waals surface area (Å²) in [6.45, 7) is 2.10. The molecule has 0 atom stereocenters. The van der Waals surface area contributed by atoms with Crippen molar-refractivity contribution in [3.63, 3.8) is 0 Å². The van der Waals surface area contributed by atoms with Crippen LogP contribution in [0.15, 0.2) is 85.2 Å². The molecule has 3 heterocycles. The molecule has 0 aliphatic carbocycles. The molecule has 0 spiro atoms. The van der Waals surface area contributed by atoms with Gasteiger partial charge < -0.3 is 4.98 Å².